The predicted octanol–water partition coefficient (Wildman–Crippen LogP) is 2.32. The van der Waals surface area contributed by atoms with Crippen molar-refractivity contribution in [1.29, 1.82) is 0 Å². The van der Waals surface area contributed by atoms with Crippen LogP contribution in [0.15, 0.2) is 18.3 Å². The quantitative estimate of drug-likeness (QED) is 0.654. The zero-order valence-corrected chi connectivity index (χ0v) is 9.86. The Labute approximate surface area is 92.1 Å². The second-order valence-corrected chi connectivity index (χ2v) is 3.74. The van der Waals surface area contributed by atoms with Crippen molar-refractivity contribution in [2.45, 2.75) is 26.8 Å². The summed E-state index contributed by atoms with van der Waals surface area (Å²) in [5.74, 6) is 0.932. The van der Waals surface area contributed by atoms with Crippen molar-refractivity contribution in [2.24, 2.45) is 0 Å². The van der Waals surface area contributed by atoms with Gasteiger partial charge in [0, 0.05) is 19.3 Å². The predicted molar refractivity (Wildman–Crippen MR) is 62.0 cm³/mol. The molecule has 0 spiro atoms. The van der Waals surface area contributed by atoms with Gasteiger partial charge in [-0.25, -0.2) is 0 Å². The molecule has 0 aromatic carbocycles. The van der Waals surface area contributed by atoms with Crippen LogP contribution < -0.4 is 4.74 Å². The minimum absolute atomic E-state index is 0.759. The van der Waals surface area contributed by atoms with Crippen molar-refractivity contribution in [1.82, 2.24) is 9.88 Å². The number of ether oxygens (including phenoxy) is 1. The third kappa shape index (κ3) is 3.88. The summed E-state index contributed by atoms with van der Waals surface area (Å²) in [7, 11) is 2.08. The number of pyridine rings is 1. The Morgan fingerprint density at radius 1 is 1.47 bits per heavy atom. The average molecular weight is 208 g/mol. The molecule has 3 heteroatoms. The first kappa shape index (κ1) is 12.0. The maximum atomic E-state index is 5.51. The van der Waals surface area contributed by atoms with Crippen LogP contribution >= 0.6 is 0 Å². The molecule has 0 bridgehead atoms. The highest BCUT2D eigenvalue weighted by atomic mass is 16.5. The summed E-state index contributed by atoms with van der Waals surface area (Å²) in [6, 6.07) is 3.88. The number of aromatic nitrogens is 1. The molecule has 2 rings (SSSR count). The highest BCUT2D eigenvalue weighted by Crippen LogP contribution is 2.18. The molecule has 0 fully saturated rings. The zero-order valence-electron chi connectivity index (χ0n) is 9.86. The molecular weight excluding hydrogens is 188 g/mol. The molecule has 2 heterocycles. The lowest BCUT2D eigenvalue weighted by atomic mass is 10.3. The molecule has 1 aromatic rings. The Morgan fingerprint density at radius 3 is 2.93 bits per heavy atom. The summed E-state index contributed by atoms with van der Waals surface area (Å²) in [6.07, 6.45) is 3.06. The molecule has 84 valence electrons. The normalized spacial score (nSPS) is 15.4. The van der Waals surface area contributed by atoms with Gasteiger partial charge in [-0.1, -0.05) is 20.3 Å². The number of hydrogen-bond donors (Lipinski definition) is 0. The molecule has 1 aliphatic rings. The molecule has 3 nitrogen and oxygen atoms in total. The van der Waals surface area contributed by atoms with Crippen molar-refractivity contribution in [3.8, 4) is 5.75 Å². The van der Waals surface area contributed by atoms with Crippen LogP contribution in [0.5, 0.6) is 5.75 Å². The van der Waals surface area contributed by atoms with Gasteiger partial charge < -0.3 is 4.74 Å². The van der Waals surface area contributed by atoms with Crippen molar-refractivity contribution >= 4 is 0 Å². The van der Waals surface area contributed by atoms with Gasteiger partial charge in [-0.2, -0.15) is 0 Å². The molecule has 0 N–H and O–H groups in total. The van der Waals surface area contributed by atoms with Crippen LogP contribution in [0.1, 0.15) is 26.0 Å². The van der Waals surface area contributed by atoms with Gasteiger partial charge in [-0.05, 0) is 19.2 Å². The van der Waals surface area contributed by atoms with Gasteiger partial charge in [0.2, 0.25) is 0 Å². The molecular formula is C12H20N2O. The van der Waals surface area contributed by atoms with Gasteiger partial charge in [-0.15, -0.1) is 0 Å². The van der Waals surface area contributed by atoms with Crippen molar-refractivity contribution < 1.29 is 4.74 Å². The molecule has 0 saturated carbocycles. The maximum Gasteiger partial charge on any atom is 0.142 e. The van der Waals surface area contributed by atoms with E-state index in [0.29, 0.717) is 0 Å². The Morgan fingerprint density at radius 2 is 2.20 bits per heavy atom. The second kappa shape index (κ2) is 6.40. The lowest BCUT2D eigenvalue weighted by molar-refractivity contribution is 0.259. The Kier molecular flexibility index (Phi) is 5.12. The van der Waals surface area contributed by atoms with Gasteiger partial charge in [0.15, 0.2) is 0 Å². The fourth-order valence-corrected chi connectivity index (χ4v) is 1.32. The monoisotopic (exact) mass is 208 g/mol. The van der Waals surface area contributed by atoms with Crippen molar-refractivity contribution in [3.05, 3.63) is 24.0 Å². The van der Waals surface area contributed by atoms with E-state index in [9.17, 15) is 0 Å². The summed E-state index contributed by atoms with van der Waals surface area (Å²) in [5, 5.41) is 0. The van der Waals surface area contributed by atoms with E-state index in [1.807, 2.05) is 12.1 Å². The topological polar surface area (TPSA) is 25.4 Å². The second-order valence-electron chi connectivity index (χ2n) is 3.74. The molecule has 1 aliphatic heterocycles. The number of nitrogens with zero attached hydrogens (tertiary/aromatic N) is 2. The van der Waals surface area contributed by atoms with E-state index < -0.39 is 0 Å². The van der Waals surface area contributed by atoms with E-state index in [1.165, 1.54) is 6.42 Å². The van der Waals surface area contributed by atoms with E-state index in [-0.39, 0.29) is 0 Å². The molecule has 0 saturated heterocycles. The number of fused-ring (bicyclic) bond motifs is 1. The Balaban J connectivity index is 0.000000337. The van der Waals surface area contributed by atoms with Crippen LogP contribution in [0.4, 0.5) is 0 Å². The van der Waals surface area contributed by atoms with Crippen LogP contribution in [0.3, 0.4) is 0 Å². The highest BCUT2D eigenvalue weighted by molar-refractivity contribution is 5.27. The highest BCUT2D eigenvalue weighted by Gasteiger charge is 2.11. The first-order valence-corrected chi connectivity index (χ1v) is 5.53. The standard InChI is InChI=1S/C9H12N2O.C3H8/c1-11-5-6-12-9-3-2-4-10-8(9)7-11;1-3-2/h2-4H,5-7H2,1H3;3H2,1-2H3. The number of likely N-dealkylation sites (N-methyl/N-ethyl adjacent to an activating group) is 1. The minimum Gasteiger partial charge on any atom is -0.490 e. The molecule has 0 amide bonds. The van der Waals surface area contributed by atoms with Gasteiger partial charge in [0.25, 0.3) is 0 Å². The summed E-state index contributed by atoms with van der Waals surface area (Å²) < 4.78 is 5.51. The first-order valence-electron chi connectivity index (χ1n) is 5.53. The SMILES string of the molecule is CCC.CN1CCOc2cccnc2C1. The molecule has 0 atom stereocenters. The molecule has 15 heavy (non-hydrogen) atoms. The summed E-state index contributed by atoms with van der Waals surface area (Å²) in [4.78, 5) is 6.47. The molecule has 1 aromatic heterocycles. The van der Waals surface area contributed by atoms with Crippen molar-refractivity contribution in [3.63, 3.8) is 0 Å². The molecule has 0 radical (unpaired) electrons. The summed E-state index contributed by atoms with van der Waals surface area (Å²) >= 11 is 0. The van der Waals surface area contributed by atoms with Crippen LogP contribution in [0.25, 0.3) is 0 Å². The summed E-state index contributed by atoms with van der Waals surface area (Å²) in [6.45, 7) is 6.86. The van der Waals surface area contributed by atoms with E-state index in [2.05, 4.69) is 30.8 Å². The first-order chi connectivity index (χ1) is 7.27. The zero-order chi connectivity index (χ0) is 11.1. The average Bonchev–Trinajstić information content (AvgIpc) is 2.39. The van der Waals surface area contributed by atoms with Gasteiger partial charge >= 0.3 is 0 Å². The third-order valence-corrected chi connectivity index (χ3v) is 2.00. The van der Waals surface area contributed by atoms with Gasteiger partial charge in [0.05, 0.1) is 5.69 Å². The largest absolute Gasteiger partial charge is 0.490 e. The van der Waals surface area contributed by atoms with E-state index in [1.54, 1.807) is 6.20 Å². The van der Waals surface area contributed by atoms with Crippen LogP contribution in [-0.4, -0.2) is 30.1 Å². The minimum atomic E-state index is 0.759. The van der Waals surface area contributed by atoms with E-state index in [4.69, 9.17) is 4.74 Å². The van der Waals surface area contributed by atoms with Crippen LogP contribution in [0, 0.1) is 0 Å². The maximum absolute atomic E-state index is 5.51. The van der Waals surface area contributed by atoms with Crippen molar-refractivity contribution in [2.75, 3.05) is 20.2 Å². The van der Waals surface area contributed by atoms with Crippen LogP contribution in [0.2, 0.25) is 0 Å². The Bertz CT molecular complexity index is 289. The smallest absolute Gasteiger partial charge is 0.142 e. The molecule has 0 unspecified atom stereocenters. The Hall–Kier alpha value is -1.09. The summed E-state index contributed by atoms with van der Waals surface area (Å²) in [5.41, 5.74) is 1.04. The van der Waals surface area contributed by atoms with Crippen LogP contribution in [-0.2, 0) is 6.54 Å². The lowest BCUT2D eigenvalue weighted by Crippen LogP contribution is -2.20. The number of hydrogen-bond acceptors (Lipinski definition) is 3. The van der Waals surface area contributed by atoms with E-state index >= 15 is 0 Å². The fourth-order valence-electron chi connectivity index (χ4n) is 1.32. The fraction of sp³-hybridized carbons (Fsp3) is 0.583. The van der Waals surface area contributed by atoms with Gasteiger partial charge in [-0.3, -0.25) is 9.88 Å². The molecule has 0 aliphatic carbocycles. The van der Waals surface area contributed by atoms with E-state index in [0.717, 1.165) is 31.1 Å². The lowest BCUT2D eigenvalue weighted by Gasteiger charge is -2.09. The third-order valence-electron chi connectivity index (χ3n) is 2.00. The van der Waals surface area contributed by atoms with Gasteiger partial charge in [0.1, 0.15) is 12.4 Å². The number of rotatable bonds is 0.